The van der Waals surface area contributed by atoms with Gasteiger partial charge in [-0.1, -0.05) is 66.7 Å². The molecule has 1 fully saturated rings. The Bertz CT molecular complexity index is 2280. The standard InChI is InChI=1S/C44H46N4O11/c1-28-26-48(43(53)45-39(28)50)42-38(56-24-25-58-46(2)22-23-47-40(51)34-12-8-9-13-35(34)41(47)52)37(49)36(59-42)27-57-44(29-10-6-5-7-11-29,30-14-18-32(54-3)19-15-30)31-16-20-33(55-4)21-17-31/h5-21,26,36-38,42,49H,22-25,27H2,1-4H3,(H,45,50,53)/t36-,37-,38-,42-/m1/s1. The predicted octanol–water partition coefficient (Wildman–Crippen LogP) is 3.67. The molecular weight excluding hydrogens is 761 g/mol. The van der Waals surface area contributed by atoms with Crippen molar-refractivity contribution in [3.05, 3.63) is 164 Å². The van der Waals surface area contributed by atoms with Crippen molar-refractivity contribution in [3.8, 4) is 11.5 Å². The molecular formula is C44H46N4O11. The van der Waals surface area contributed by atoms with Crippen LogP contribution in [0.1, 0.15) is 49.2 Å². The smallest absolute Gasteiger partial charge is 0.330 e. The van der Waals surface area contributed by atoms with Gasteiger partial charge in [0.15, 0.2) is 6.23 Å². The van der Waals surface area contributed by atoms with Crippen LogP contribution in [0.25, 0.3) is 0 Å². The number of rotatable bonds is 17. The lowest BCUT2D eigenvalue weighted by Crippen LogP contribution is -2.42. The Hall–Kier alpha value is -5.94. The van der Waals surface area contributed by atoms with Crippen LogP contribution in [-0.2, 0) is 24.6 Å². The number of benzene rings is 4. The number of ether oxygens (including phenoxy) is 5. The van der Waals surface area contributed by atoms with Crippen LogP contribution in [0.15, 0.2) is 119 Å². The predicted molar refractivity (Wildman–Crippen MR) is 214 cm³/mol. The number of amides is 2. The van der Waals surface area contributed by atoms with E-state index >= 15 is 0 Å². The van der Waals surface area contributed by atoms with Gasteiger partial charge in [-0.3, -0.25) is 33.7 Å². The highest BCUT2D eigenvalue weighted by atomic mass is 16.7. The zero-order valence-corrected chi connectivity index (χ0v) is 33.1. The Labute approximate surface area is 340 Å². The van der Waals surface area contributed by atoms with Gasteiger partial charge in [0.05, 0.1) is 45.2 Å². The van der Waals surface area contributed by atoms with Gasteiger partial charge in [-0.05, 0) is 60.0 Å². The number of imide groups is 1. The minimum absolute atomic E-state index is 0.0152. The number of aromatic amines is 1. The number of carbonyl (C=O) groups excluding carboxylic acids is 2. The summed E-state index contributed by atoms with van der Waals surface area (Å²) in [5.74, 6) is 0.595. The normalized spacial score (nSPS) is 19.1. The first-order valence-electron chi connectivity index (χ1n) is 19.1. The van der Waals surface area contributed by atoms with Crippen molar-refractivity contribution in [2.24, 2.45) is 0 Å². The molecule has 15 heteroatoms. The number of aromatic nitrogens is 2. The zero-order chi connectivity index (χ0) is 41.7. The van der Waals surface area contributed by atoms with Gasteiger partial charge in [-0.15, -0.1) is 0 Å². The summed E-state index contributed by atoms with van der Waals surface area (Å²) in [6.45, 7) is 1.68. The minimum Gasteiger partial charge on any atom is -0.497 e. The third-order valence-corrected chi connectivity index (χ3v) is 10.6. The van der Waals surface area contributed by atoms with E-state index in [0.717, 1.165) is 16.7 Å². The van der Waals surface area contributed by atoms with Crippen molar-refractivity contribution >= 4 is 11.8 Å². The second kappa shape index (κ2) is 17.9. The molecule has 2 N–H and O–H groups in total. The number of aliphatic hydroxyl groups excluding tert-OH is 1. The molecule has 5 aromatic rings. The fraction of sp³-hybridized carbons (Fsp3) is 0.318. The van der Waals surface area contributed by atoms with Crippen LogP contribution in [0.2, 0.25) is 0 Å². The molecule has 0 spiro atoms. The molecule has 4 atom stereocenters. The van der Waals surface area contributed by atoms with Crippen molar-refractivity contribution in [2.75, 3.05) is 54.2 Å². The Kier molecular flexibility index (Phi) is 12.5. The average Bonchev–Trinajstić information content (AvgIpc) is 3.70. The highest BCUT2D eigenvalue weighted by Crippen LogP contribution is 2.43. The van der Waals surface area contributed by atoms with E-state index in [2.05, 4.69) is 4.98 Å². The maximum Gasteiger partial charge on any atom is 0.330 e. The molecule has 2 aliphatic rings. The molecule has 0 saturated carbocycles. The first-order valence-corrected chi connectivity index (χ1v) is 19.1. The number of carbonyl (C=O) groups is 2. The van der Waals surface area contributed by atoms with E-state index in [1.165, 1.54) is 20.7 Å². The number of hydrogen-bond acceptors (Lipinski definition) is 12. The molecule has 3 heterocycles. The quantitative estimate of drug-likeness (QED) is 0.0606. The zero-order valence-electron chi connectivity index (χ0n) is 33.1. The number of nitrogens with zero attached hydrogens (tertiary/aromatic N) is 3. The lowest BCUT2D eigenvalue weighted by molar-refractivity contribution is -0.165. The number of methoxy groups -OCH3 is 2. The number of hydroxylamine groups is 2. The molecule has 0 aliphatic carbocycles. The SMILES string of the molecule is COc1ccc(C(OC[C@H]2O[C@@H](n3cc(C)c(=O)[nH]c3=O)[C@H](OCCON(C)CCN3C(=O)c4ccccc4C3=O)[C@@H]2O)(c2ccccc2)c2ccc(OC)cc2)cc1. The highest BCUT2D eigenvalue weighted by Gasteiger charge is 2.48. The molecule has 7 rings (SSSR count). The maximum atomic E-state index is 13.2. The van der Waals surface area contributed by atoms with E-state index in [9.17, 15) is 24.3 Å². The number of fused-ring (bicyclic) bond motifs is 1. The molecule has 2 amide bonds. The Balaban J connectivity index is 1.10. The molecule has 0 unspecified atom stereocenters. The van der Waals surface area contributed by atoms with Crippen molar-refractivity contribution in [2.45, 2.75) is 37.1 Å². The van der Waals surface area contributed by atoms with Gasteiger partial charge in [0, 0.05) is 31.9 Å². The molecule has 308 valence electrons. The molecule has 4 aromatic carbocycles. The number of aliphatic hydroxyl groups is 1. The van der Waals surface area contributed by atoms with E-state index in [1.54, 1.807) is 52.5 Å². The fourth-order valence-electron chi connectivity index (χ4n) is 7.44. The van der Waals surface area contributed by atoms with Gasteiger partial charge in [0.2, 0.25) is 0 Å². The summed E-state index contributed by atoms with van der Waals surface area (Å²) >= 11 is 0. The summed E-state index contributed by atoms with van der Waals surface area (Å²) in [4.78, 5) is 60.4. The first kappa shape index (κ1) is 41.2. The number of H-pyrrole nitrogens is 1. The van der Waals surface area contributed by atoms with Crippen LogP contribution < -0.4 is 20.7 Å². The van der Waals surface area contributed by atoms with Crippen LogP contribution in [-0.4, -0.2) is 109 Å². The summed E-state index contributed by atoms with van der Waals surface area (Å²) < 4.78 is 31.7. The molecule has 15 nitrogen and oxygen atoms in total. The van der Waals surface area contributed by atoms with E-state index < -0.39 is 41.4 Å². The van der Waals surface area contributed by atoms with E-state index in [-0.39, 0.29) is 50.3 Å². The fourth-order valence-corrected chi connectivity index (χ4v) is 7.44. The highest BCUT2D eigenvalue weighted by molar-refractivity contribution is 6.21. The van der Waals surface area contributed by atoms with Gasteiger partial charge >= 0.3 is 5.69 Å². The van der Waals surface area contributed by atoms with Crippen LogP contribution in [0.3, 0.4) is 0 Å². The van der Waals surface area contributed by atoms with Gasteiger partial charge in [0.1, 0.15) is 35.4 Å². The van der Waals surface area contributed by atoms with Crippen molar-refractivity contribution in [3.63, 3.8) is 0 Å². The average molecular weight is 807 g/mol. The second-order valence-corrected chi connectivity index (χ2v) is 14.2. The van der Waals surface area contributed by atoms with Crippen LogP contribution in [0.5, 0.6) is 11.5 Å². The summed E-state index contributed by atoms with van der Waals surface area (Å²) in [6.07, 6.45) is -3.24. The number of likely N-dealkylation sites (N-methyl/N-ethyl adjacent to an activating group) is 1. The van der Waals surface area contributed by atoms with E-state index in [4.69, 9.17) is 28.5 Å². The summed E-state index contributed by atoms with van der Waals surface area (Å²) in [6, 6.07) is 31.3. The number of aryl methyl sites for hydroxylation is 1. The minimum atomic E-state index is -1.31. The van der Waals surface area contributed by atoms with Gasteiger partial charge in [0.25, 0.3) is 17.4 Å². The second-order valence-electron chi connectivity index (χ2n) is 14.2. The monoisotopic (exact) mass is 806 g/mol. The van der Waals surface area contributed by atoms with E-state index in [0.29, 0.717) is 22.6 Å². The summed E-state index contributed by atoms with van der Waals surface area (Å²) in [5.41, 5.74) is 0.803. The summed E-state index contributed by atoms with van der Waals surface area (Å²) in [5, 5.41) is 13.4. The molecule has 2 aliphatic heterocycles. The topological polar surface area (TPSA) is 171 Å². The van der Waals surface area contributed by atoms with E-state index in [1.807, 2.05) is 78.9 Å². The third kappa shape index (κ3) is 8.34. The molecule has 1 aromatic heterocycles. The lowest BCUT2D eigenvalue weighted by atomic mass is 9.80. The molecule has 0 radical (unpaired) electrons. The van der Waals surface area contributed by atoms with Crippen LogP contribution in [0, 0.1) is 6.92 Å². The largest absolute Gasteiger partial charge is 0.497 e. The van der Waals surface area contributed by atoms with Crippen molar-refractivity contribution in [1.82, 2.24) is 19.5 Å². The van der Waals surface area contributed by atoms with Crippen LogP contribution >= 0.6 is 0 Å². The number of hydrogen-bond donors (Lipinski definition) is 2. The third-order valence-electron chi connectivity index (χ3n) is 10.6. The first-order chi connectivity index (χ1) is 28.5. The summed E-state index contributed by atoms with van der Waals surface area (Å²) in [7, 11) is 4.84. The lowest BCUT2D eigenvalue weighted by Gasteiger charge is -2.37. The molecule has 0 bridgehead atoms. The molecule has 1 saturated heterocycles. The van der Waals surface area contributed by atoms with Gasteiger partial charge in [-0.2, -0.15) is 5.06 Å². The van der Waals surface area contributed by atoms with Gasteiger partial charge < -0.3 is 28.8 Å². The van der Waals surface area contributed by atoms with Crippen LogP contribution in [0.4, 0.5) is 0 Å². The van der Waals surface area contributed by atoms with Crippen molar-refractivity contribution in [1.29, 1.82) is 0 Å². The van der Waals surface area contributed by atoms with Gasteiger partial charge in [-0.25, -0.2) is 4.79 Å². The Morgan fingerprint density at radius 2 is 1.34 bits per heavy atom. The number of nitrogens with one attached hydrogen (secondary N) is 1. The maximum absolute atomic E-state index is 13.2. The Morgan fingerprint density at radius 3 is 1.92 bits per heavy atom. The Morgan fingerprint density at radius 1 is 0.780 bits per heavy atom. The van der Waals surface area contributed by atoms with Crippen molar-refractivity contribution < 1.29 is 43.2 Å². The molecule has 59 heavy (non-hydrogen) atoms.